The molecule has 0 saturated heterocycles. The molecule has 2 rings (SSSR count). The molecule has 0 radical (unpaired) electrons. The molecule has 0 aliphatic heterocycles. The molecule has 14 heavy (non-hydrogen) atoms. The first-order chi connectivity index (χ1) is 6.75. The van der Waals surface area contributed by atoms with Gasteiger partial charge < -0.3 is 4.74 Å². The molecule has 0 atom stereocenters. The number of ether oxygens (including phenoxy) is 1. The fraction of sp³-hybridized carbons (Fsp3) is 0.500. The van der Waals surface area contributed by atoms with Gasteiger partial charge in [-0.2, -0.15) is 0 Å². The van der Waals surface area contributed by atoms with Crippen LogP contribution in [-0.4, -0.2) is 6.61 Å². The second kappa shape index (κ2) is 3.99. The molecule has 0 unspecified atom stereocenters. The zero-order chi connectivity index (χ0) is 9.97. The van der Waals surface area contributed by atoms with E-state index in [1.54, 1.807) is 12.1 Å². The van der Waals surface area contributed by atoms with Crippen molar-refractivity contribution in [3.63, 3.8) is 0 Å². The fourth-order valence-corrected chi connectivity index (χ4v) is 1.46. The Bertz CT molecular complexity index is 318. The predicted molar refractivity (Wildman–Crippen MR) is 54.0 cm³/mol. The Morgan fingerprint density at radius 1 is 1.43 bits per heavy atom. The van der Waals surface area contributed by atoms with Crippen molar-refractivity contribution < 1.29 is 9.13 Å². The third-order valence-electron chi connectivity index (χ3n) is 2.57. The molecule has 76 valence electrons. The molecule has 1 fully saturated rings. The van der Waals surface area contributed by atoms with Crippen LogP contribution < -0.4 is 4.74 Å². The predicted octanol–water partition coefficient (Wildman–Crippen LogP) is 3.31. The monoisotopic (exact) mass is 194 g/mol. The molecule has 1 aromatic carbocycles. The summed E-state index contributed by atoms with van der Waals surface area (Å²) in [6.45, 7) is 2.58. The van der Waals surface area contributed by atoms with Gasteiger partial charge >= 0.3 is 0 Å². The summed E-state index contributed by atoms with van der Waals surface area (Å²) in [5.41, 5.74) is 1.04. The first-order valence-corrected chi connectivity index (χ1v) is 5.14. The first kappa shape index (κ1) is 9.50. The van der Waals surface area contributed by atoms with Crippen LogP contribution >= 0.6 is 0 Å². The Balaban J connectivity index is 1.89. The van der Waals surface area contributed by atoms with Crippen molar-refractivity contribution in [1.82, 2.24) is 0 Å². The summed E-state index contributed by atoms with van der Waals surface area (Å²) in [7, 11) is 0. The number of benzene rings is 1. The van der Waals surface area contributed by atoms with Crippen molar-refractivity contribution >= 4 is 0 Å². The van der Waals surface area contributed by atoms with Crippen LogP contribution in [0.1, 0.15) is 24.8 Å². The molecular weight excluding hydrogens is 179 g/mol. The van der Waals surface area contributed by atoms with Gasteiger partial charge in [0.05, 0.1) is 6.61 Å². The smallest absolute Gasteiger partial charge is 0.165 e. The number of halogens is 1. The van der Waals surface area contributed by atoms with E-state index in [2.05, 4.69) is 0 Å². The number of rotatable bonds is 4. The van der Waals surface area contributed by atoms with E-state index in [9.17, 15) is 4.39 Å². The van der Waals surface area contributed by atoms with Crippen LogP contribution in [0.5, 0.6) is 5.75 Å². The second-order valence-electron chi connectivity index (χ2n) is 4.01. The molecule has 1 nitrogen and oxygen atoms in total. The van der Waals surface area contributed by atoms with E-state index in [0.29, 0.717) is 12.4 Å². The number of hydrogen-bond acceptors (Lipinski definition) is 1. The Hall–Kier alpha value is -1.05. The fourth-order valence-electron chi connectivity index (χ4n) is 1.46. The normalized spacial score (nSPS) is 15.6. The minimum absolute atomic E-state index is 0.258. The van der Waals surface area contributed by atoms with Crippen molar-refractivity contribution in [2.24, 2.45) is 5.92 Å². The highest BCUT2D eigenvalue weighted by atomic mass is 19.1. The topological polar surface area (TPSA) is 9.23 Å². The van der Waals surface area contributed by atoms with Crippen LogP contribution in [-0.2, 0) is 0 Å². The molecule has 1 aliphatic carbocycles. The minimum Gasteiger partial charge on any atom is -0.490 e. The van der Waals surface area contributed by atoms with Crippen LogP contribution in [0, 0.1) is 18.7 Å². The Kier molecular flexibility index (Phi) is 2.71. The van der Waals surface area contributed by atoms with Gasteiger partial charge in [-0.15, -0.1) is 0 Å². The van der Waals surface area contributed by atoms with Crippen molar-refractivity contribution in [3.8, 4) is 5.75 Å². The zero-order valence-electron chi connectivity index (χ0n) is 8.42. The van der Waals surface area contributed by atoms with Gasteiger partial charge in [-0.25, -0.2) is 4.39 Å². The second-order valence-corrected chi connectivity index (χ2v) is 4.01. The van der Waals surface area contributed by atoms with E-state index in [4.69, 9.17) is 4.74 Å². The molecule has 0 heterocycles. The maximum absolute atomic E-state index is 13.2. The van der Waals surface area contributed by atoms with E-state index in [0.717, 1.165) is 17.9 Å². The van der Waals surface area contributed by atoms with Crippen molar-refractivity contribution in [3.05, 3.63) is 29.6 Å². The van der Waals surface area contributed by atoms with Crippen molar-refractivity contribution in [2.45, 2.75) is 26.2 Å². The first-order valence-electron chi connectivity index (χ1n) is 5.14. The Morgan fingerprint density at radius 2 is 2.21 bits per heavy atom. The number of hydrogen-bond donors (Lipinski definition) is 0. The summed E-state index contributed by atoms with van der Waals surface area (Å²) < 4.78 is 18.6. The Morgan fingerprint density at radius 3 is 2.93 bits per heavy atom. The third kappa shape index (κ3) is 2.47. The van der Waals surface area contributed by atoms with Gasteiger partial charge in [0.25, 0.3) is 0 Å². The zero-order valence-corrected chi connectivity index (χ0v) is 8.42. The molecule has 1 aliphatic rings. The molecule has 2 heteroatoms. The highest BCUT2D eigenvalue weighted by Gasteiger charge is 2.20. The minimum atomic E-state index is -0.258. The van der Waals surface area contributed by atoms with Crippen molar-refractivity contribution in [1.29, 1.82) is 0 Å². The van der Waals surface area contributed by atoms with Gasteiger partial charge in [0.15, 0.2) is 11.6 Å². The van der Waals surface area contributed by atoms with Crippen molar-refractivity contribution in [2.75, 3.05) is 6.61 Å². The van der Waals surface area contributed by atoms with Gasteiger partial charge in [-0.1, -0.05) is 18.9 Å². The van der Waals surface area contributed by atoms with Gasteiger partial charge in [0, 0.05) is 0 Å². The summed E-state index contributed by atoms with van der Waals surface area (Å²) in [5, 5.41) is 0. The lowest BCUT2D eigenvalue weighted by Crippen LogP contribution is -2.00. The highest BCUT2D eigenvalue weighted by molar-refractivity contribution is 5.29. The molecule has 0 aromatic heterocycles. The van der Waals surface area contributed by atoms with Gasteiger partial charge in [0.1, 0.15) is 0 Å². The molecule has 1 aromatic rings. The van der Waals surface area contributed by atoms with E-state index >= 15 is 0 Å². The summed E-state index contributed by atoms with van der Waals surface area (Å²) in [6.07, 6.45) is 3.70. The highest BCUT2D eigenvalue weighted by Crippen LogP contribution is 2.32. The van der Waals surface area contributed by atoms with Crippen LogP contribution in [0.2, 0.25) is 0 Å². The largest absolute Gasteiger partial charge is 0.490 e. The maximum Gasteiger partial charge on any atom is 0.165 e. The van der Waals surface area contributed by atoms with Gasteiger partial charge in [-0.05, 0) is 37.0 Å². The summed E-state index contributed by atoms with van der Waals surface area (Å²) in [6, 6.07) is 4.97. The average molecular weight is 194 g/mol. The lowest BCUT2D eigenvalue weighted by molar-refractivity contribution is 0.288. The van der Waals surface area contributed by atoms with E-state index < -0.39 is 0 Å². The van der Waals surface area contributed by atoms with E-state index in [1.807, 2.05) is 6.92 Å². The van der Waals surface area contributed by atoms with Crippen LogP contribution in [0.4, 0.5) is 4.39 Å². The van der Waals surface area contributed by atoms with Crippen LogP contribution in [0.3, 0.4) is 0 Å². The van der Waals surface area contributed by atoms with E-state index in [1.165, 1.54) is 18.9 Å². The lowest BCUT2D eigenvalue weighted by atomic mass is 10.2. The quantitative estimate of drug-likeness (QED) is 0.714. The average Bonchev–Trinajstić information content (AvgIpc) is 2.95. The molecule has 0 bridgehead atoms. The summed E-state index contributed by atoms with van der Waals surface area (Å²) >= 11 is 0. The lowest BCUT2D eigenvalue weighted by Gasteiger charge is -2.07. The SMILES string of the molecule is Cc1ccc(F)c(OCCC2CC2)c1. The maximum atomic E-state index is 13.2. The molecule has 0 amide bonds. The van der Waals surface area contributed by atoms with E-state index in [-0.39, 0.29) is 5.82 Å². The molecule has 0 spiro atoms. The molecule has 1 saturated carbocycles. The van der Waals surface area contributed by atoms with Gasteiger partial charge in [0.2, 0.25) is 0 Å². The van der Waals surface area contributed by atoms with Crippen LogP contribution in [0.25, 0.3) is 0 Å². The summed E-state index contributed by atoms with van der Waals surface area (Å²) in [5.74, 6) is 0.972. The Labute approximate surface area is 83.9 Å². The standard InChI is InChI=1S/C12H15FO/c1-9-2-5-11(13)12(8-9)14-7-6-10-3-4-10/h2,5,8,10H,3-4,6-7H2,1H3. The summed E-state index contributed by atoms with van der Waals surface area (Å²) in [4.78, 5) is 0. The van der Waals surface area contributed by atoms with Crippen LogP contribution in [0.15, 0.2) is 18.2 Å². The molecule has 0 N–H and O–H groups in total. The number of aryl methyl sites for hydroxylation is 1. The third-order valence-corrected chi connectivity index (χ3v) is 2.57. The molecular formula is C12H15FO. The van der Waals surface area contributed by atoms with Gasteiger partial charge in [-0.3, -0.25) is 0 Å².